The van der Waals surface area contributed by atoms with Crippen LogP contribution in [0.5, 0.6) is 11.5 Å². The number of Topliss-reactive ketones (excluding diaryl/α,β-unsaturated/α-hetero) is 1. The number of rotatable bonds is 15. The minimum atomic E-state index is 0.0698. The quantitative estimate of drug-likeness (QED) is 0.166. The van der Waals surface area contributed by atoms with Crippen LogP contribution >= 0.6 is 11.8 Å². The second-order valence-electron chi connectivity index (χ2n) is 7.68. The van der Waals surface area contributed by atoms with Crippen LogP contribution in [0, 0.1) is 0 Å². The van der Waals surface area contributed by atoms with Gasteiger partial charge in [0.05, 0.1) is 0 Å². The van der Waals surface area contributed by atoms with E-state index in [1.807, 2.05) is 36.0 Å². The number of ether oxygens (including phenoxy) is 1. The van der Waals surface area contributed by atoms with Gasteiger partial charge in [0.15, 0.2) is 5.78 Å². The van der Waals surface area contributed by atoms with Crippen molar-refractivity contribution in [3.63, 3.8) is 0 Å². The van der Waals surface area contributed by atoms with Gasteiger partial charge in [-0.2, -0.15) is 0 Å². The highest BCUT2D eigenvalue weighted by Crippen LogP contribution is 2.26. The first-order valence-corrected chi connectivity index (χ1v) is 12.2. The molecule has 3 heteroatoms. The van der Waals surface area contributed by atoms with Crippen LogP contribution < -0.4 is 4.74 Å². The molecule has 29 heavy (non-hydrogen) atoms. The van der Waals surface area contributed by atoms with E-state index in [1.54, 1.807) is 19.1 Å². The molecule has 0 amide bonds. The average Bonchev–Trinajstić information content (AvgIpc) is 2.73. The fourth-order valence-electron chi connectivity index (χ4n) is 3.28. The van der Waals surface area contributed by atoms with Crippen LogP contribution in [0.15, 0.2) is 53.4 Å². The SMILES string of the molecule is CCCCCCCCCCCCSc1ccc(Oc2ccc(C(C)=O)cc2)cc1. The molecule has 0 unspecified atom stereocenters. The molecule has 0 aliphatic carbocycles. The third-order valence-corrected chi connectivity index (χ3v) is 6.19. The van der Waals surface area contributed by atoms with E-state index in [4.69, 9.17) is 4.74 Å². The summed E-state index contributed by atoms with van der Waals surface area (Å²) in [6.07, 6.45) is 13.8. The van der Waals surface area contributed by atoms with Gasteiger partial charge >= 0.3 is 0 Å². The molecule has 0 heterocycles. The van der Waals surface area contributed by atoms with E-state index in [-0.39, 0.29) is 5.78 Å². The van der Waals surface area contributed by atoms with Crippen molar-refractivity contribution < 1.29 is 9.53 Å². The Kier molecular flexibility index (Phi) is 11.6. The maximum Gasteiger partial charge on any atom is 0.159 e. The lowest BCUT2D eigenvalue weighted by molar-refractivity contribution is 0.101. The van der Waals surface area contributed by atoms with Gasteiger partial charge in [-0.15, -0.1) is 11.8 Å². The molecule has 0 N–H and O–H groups in total. The first-order chi connectivity index (χ1) is 14.2. The topological polar surface area (TPSA) is 26.3 Å². The Morgan fingerprint density at radius 3 is 1.72 bits per heavy atom. The van der Waals surface area contributed by atoms with Crippen LogP contribution in [0.2, 0.25) is 0 Å². The molecule has 0 radical (unpaired) electrons. The van der Waals surface area contributed by atoms with Crippen molar-refractivity contribution in [3.8, 4) is 11.5 Å². The first kappa shape index (κ1) is 23.5. The monoisotopic (exact) mass is 412 g/mol. The molecule has 2 rings (SSSR count). The van der Waals surface area contributed by atoms with E-state index in [9.17, 15) is 4.79 Å². The van der Waals surface area contributed by atoms with Crippen molar-refractivity contribution in [2.75, 3.05) is 5.75 Å². The van der Waals surface area contributed by atoms with Gasteiger partial charge in [-0.25, -0.2) is 0 Å². The minimum Gasteiger partial charge on any atom is -0.457 e. The summed E-state index contributed by atoms with van der Waals surface area (Å²) in [5.74, 6) is 2.83. The van der Waals surface area contributed by atoms with Crippen molar-refractivity contribution in [1.82, 2.24) is 0 Å². The highest BCUT2D eigenvalue weighted by Gasteiger charge is 2.02. The van der Waals surface area contributed by atoms with Crippen molar-refractivity contribution in [2.45, 2.75) is 83.0 Å². The summed E-state index contributed by atoms with van der Waals surface area (Å²) >= 11 is 1.92. The molecular formula is C26H36O2S. The normalized spacial score (nSPS) is 10.8. The minimum absolute atomic E-state index is 0.0698. The van der Waals surface area contributed by atoms with Gasteiger partial charge in [0.1, 0.15) is 11.5 Å². The zero-order valence-corrected chi connectivity index (χ0v) is 18.9. The Morgan fingerprint density at radius 2 is 1.21 bits per heavy atom. The smallest absolute Gasteiger partial charge is 0.159 e. The fraction of sp³-hybridized carbons (Fsp3) is 0.500. The summed E-state index contributed by atoms with van der Waals surface area (Å²) in [6.45, 7) is 3.85. The van der Waals surface area contributed by atoms with E-state index in [0.717, 1.165) is 11.5 Å². The molecule has 0 saturated heterocycles. The van der Waals surface area contributed by atoms with Gasteiger partial charge in [0.2, 0.25) is 0 Å². The molecule has 0 spiro atoms. The van der Waals surface area contributed by atoms with E-state index in [2.05, 4.69) is 19.1 Å². The number of unbranched alkanes of at least 4 members (excludes halogenated alkanes) is 9. The van der Waals surface area contributed by atoms with Gasteiger partial charge in [0, 0.05) is 10.5 Å². The first-order valence-electron chi connectivity index (χ1n) is 11.2. The lowest BCUT2D eigenvalue weighted by Gasteiger charge is -2.07. The number of benzene rings is 2. The lowest BCUT2D eigenvalue weighted by Crippen LogP contribution is -1.91. The third-order valence-electron chi connectivity index (χ3n) is 5.09. The molecule has 2 nitrogen and oxygen atoms in total. The molecule has 0 aliphatic heterocycles. The largest absolute Gasteiger partial charge is 0.457 e. The van der Waals surface area contributed by atoms with Crippen LogP contribution in [0.25, 0.3) is 0 Å². The van der Waals surface area contributed by atoms with Gasteiger partial charge in [-0.05, 0) is 67.6 Å². The Morgan fingerprint density at radius 1 is 0.724 bits per heavy atom. The van der Waals surface area contributed by atoms with Gasteiger partial charge in [-0.3, -0.25) is 4.79 Å². The fourth-order valence-corrected chi connectivity index (χ4v) is 4.19. The van der Waals surface area contributed by atoms with Crippen LogP contribution in [-0.4, -0.2) is 11.5 Å². The predicted octanol–water partition coefficient (Wildman–Crippen LogP) is 8.69. The molecule has 2 aromatic carbocycles. The zero-order valence-electron chi connectivity index (χ0n) is 18.1. The molecule has 0 fully saturated rings. The number of carbonyl (C=O) groups excluding carboxylic acids is 1. The zero-order chi connectivity index (χ0) is 20.7. The van der Waals surface area contributed by atoms with Crippen molar-refractivity contribution in [1.29, 1.82) is 0 Å². The summed E-state index contributed by atoms with van der Waals surface area (Å²) < 4.78 is 5.86. The molecule has 0 bridgehead atoms. The number of ketones is 1. The predicted molar refractivity (Wildman–Crippen MR) is 126 cm³/mol. The van der Waals surface area contributed by atoms with Crippen LogP contribution in [-0.2, 0) is 0 Å². The maximum atomic E-state index is 11.3. The van der Waals surface area contributed by atoms with Crippen molar-refractivity contribution >= 4 is 17.5 Å². The summed E-state index contributed by atoms with van der Waals surface area (Å²) in [5, 5.41) is 0. The number of thioether (sulfide) groups is 1. The molecular weight excluding hydrogens is 376 g/mol. The highest BCUT2D eigenvalue weighted by molar-refractivity contribution is 7.99. The molecule has 158 valence electrons. The lowest BCUT2D eigenvalue weighted by atomic mass is 10.1. The number of carbonyl (C=O) groups is 1. The Balaban J connectivity index is 1.56. The average molecular weight is 413 g/mol. The molecule has 0 aromatic heterocycles. The van der Waals surface area contributed by atoms with Crippen LogP contribution in [0.4, 0.5) is 0 Å². The third kappa shape index (κ3) is 10.0. The summed E-state index contributed by atoms with van der Waals surface area (Å²) in [4.78, 5) is 12.6. The van der Waals surface area contributed by atoms with E-state index >= 15 is 0 Å². The van der Waals surface area contributed by atoms with E-state index in [0.29, 0.717) is 5.56 Å². The summed E-state index contributed by atoms with van der Waals surface area (Å²) in [7, 11) is 0. The second-order valence-corrected chi connectivity index (χ2v) is 8.85. The second kappa shape index (κ2) is 14.3. The van der Waals surface area contributed by atoms with Crippen molar-refractivity contribution in [2.24, 2.45) is 0 Å². The maximum absolute atomic E-state index is 11.3. The highest BCUT2D eigenvalue weighted by atomic mass is 32.2. The van der Waals surface area contributed by atoms with Gasteiger partial charge in [-0.1, -0.05) is 64.7 Å². The number of hydrogen-bond donors (Lipinski definition) is 0. The van der Waals surface area contributed by atoms with E-state index in [1.165, 1.54) is 74.9 Å². The molecule has 2 aromatic rings. The Bertz CT molecular complexity index is 692. The number of hydrogen-bond acceptors (Lipinski definition) is 3. The molecule has 0 aliphatic rings. The van der Waals surface area contributed by atoms with Crippen LogP contribution in [0.3, 0.4) is 0 Å². The standard InChI is InChI=1S/C26H36O2S/c1-3-4-5-6-7-8-9-10-11-12-21-29-26-19-17-25(18-20-26)28-24-15-13-23(14-16-24)22(2)27/h13-20H,3-12,21H2,1-2H3. The van der Waals surface area contributed by atoms with Gasteiger partial charge in [0.25, 0.3) is 0 Å². The molecule has 0 saturated carbocycles. The van der Waals surface area contributed by atoms with Crippen LogP contribution in [0.1, 0.15) is 88.4 Å². The summed E-state index contributed by atoms with van der Waals surface area (Å²) in [6, 6.07) is 15.6. The van der Waals surface area contributed by atoms with Crippen molar-refractivity contribution in [3.05, 3.63) is 54.1 Å². The summed E-state index contributed by atoms with van der Waals surface area (Å²) in [5.41, 5.74) is 0.705. The Hall–Kier alpha value is -1.74. The molecule has 0 atom stereocenters. The van der Waals surface area contributed by atoms with Gasteiger partial charge < -0.3 is 4.74 Å². The van der Waals surface area contributed by atoms with E-state index < -0.39 is 0 Å². The Labute approximate surface area is 181 Å².